The Labute approximate surface area is 198 Å². The summed E-state index contributed by atoms with van der Waals surface area (Å²) in [6.07, 6.45) is 11.4. The number of nitrogens with two attached hydrogens (primary N) is 1. The van der Waals surface area contributed by atoms with Crippen LogP contribution >= 0.6 is 11.6 Å². The van der Waals surface area contributed by atoms with Crippen molar-refractivity contribution < 1.29 is 9.53 Å². The quantitative estimate of drug-likeness (QED) is 0.168. The lowest BCUT2D eigenvalue weighted by Crippen LogP contribution is -2.35. The van der Waals surface area contributed by atoms with Crippen LogP contribution in [-0.4, -0.2) is 73.7 Å². The van der Waals surface area contributed by atoms with Crippen molar-refractivity contribution in [2.45, 2.75) is 64.0 Å². The summed E-state index contributed by atoms with van der Waals surface area (Å²) in [5.74, 6) is 0.677. The first-order valence-corrected chi connectivity index (χ1v) is 12.3. The number of hydrogen-bond acceptors (Lipinski definition) is 6. The molecule has 0 saturated carbocycles. The number of nitrogens with one attached hydrogen (secondary N) is 2. The van der Waals surface area contributed by atoms with Crippen LogP contribution < -0.4 is 11.1 Å². The number of halogens is 1. The number of nitrogens with zero attached hydrogens (tertiary/aromatic N) is 2. The monoisotopic (exact) mass is 465 g/mol. The number of hydrogen-bond donors (Lipinski definition) is 3. The summed E-state index contributed by atoms with van der Waals surface area (Å²) in [6, 6.07) is 0. The van der Waals surface area contributed by atoms with Crippen molar-refractivity contribution in [1.29, 1.82) is 5.41 Å². The van der Waals surface area contributed by atoms with E-state index in [2.05, 4.69) is 21.3 Å². The molecule has 2 atom stereocenters. The zero-order chi connectivity index (χ0) is 23.3. The first kappa shape index (κ1) is 26.7. The molecular weight excluding hydrogens is 426 g/mol. The SMILES string of the molecule is CC1=NC(OCCCC2CCN(CC/C=C\C(Cl)C=N)CC2)CC(C)=C1C(=O)NCCN. The minimum absolute atomic E-state index is 0.0929. The molecule has 0 spiro atoms. The number of ether oxygens (including phenoxy) is 1. The molecule has 0 aromatic rings. The number of allylic oxidation sites excluding steroid dienone is 1. The first-order valence-electron chi connectivity index (χ1n) is 11.8. The molecule has 1 amide bonds. The highest BCUT2D eigenvalue weighted by Gasteiger charge is 2.24. The molecule has 1 fully saturated rings. The van der Waals surface area contributed by atoms with Crippen molar-refractivity contribution in [3.8, 4) is 0 Å². The molecule has 1 saturated heterocycles. The summed E-state index contributed by atoms with van der Waals surface area (Å²) in [4.78, 5) is 19.4. The summed E-state index contributed by atoms with van der Waals surface area (Å²) in [5.41, 5.74) is 7.92. The Kier molecular flexibility index (Phi) is 12.2. The van der Waals surface area contributed by atoms with Crippen LogP contribution in [0, 0.1) is 11.3 Å². The Bertz CT molecular complexity index is 699. The molecule has 32 heavy (non-hydrogen) atoms. The fraction of sp³-hybridized carbons (Fsp3) is 0.708. The zero-order valence-electron chi connectivity index (χ0n) is 19.6. The second kappa shape index (κ2) is 14.6. The number of alkyl halides is 1. The molecule has 0 aliphatic carbocycles. The molecule has 2 rings (SSSR count). The summed E-state index contributed by atoms with van der Waals surface area (Å²) >= 11 is 5.88. The lowest BCUT2D eigenvalue weighted by molar-refractivity contribution is -0.117. The minimum Gasteiger partial charge on any atom is -0.356 e. The number of aliphatic imine (C=N–C) groups is 1. The van der Waals surface area contributed by atoms with Crippen LogP contribution in [0.15, 0.2) is 28.3 Å². The van der Waals surface area contributed by atoms with Crippen molar-refractivity contribution in [2.24, 2.45) is 16.6 Å². The maximum absolute atomic E-state index is 12.3. The van der Waals surface area contributed by atoms with Gasteiger partial charge in [-0.25, -0.2) is 0 Å². The van der Waals surface area contributed by atoms with Gasteiger partial charge in [0.25, 0.3) is 5.91 Å². The molecule has 2 unspecified atom stereocenters. The summed E-state index contributed by atoms with van der Waals surface area (Å²) in [6.45, 7) is 8.83. The van der Waals surface area contributed by atoms with Crippen LogP contribution in [0.1, 0.15) is 52.4 Å². The largest absolute Gasteiger partial charge is 0.356 e. The second-order valence-corrected chi connectivity index (χ2v) is 9.20. The van der Waals surface area contributed by atoms with Crippen LogP contribution in [0.2, 0.25) is 0 Å². The fourth-order valence-corrected chi connectivity index (χ4v) is 4.46. The average Bonchev–Trinajstić information content (AvgIpc) is 2.78. The highest BCUT2D eigenvalue weighted by Crippen LogP contribution is 2.24. The number of carbonyl (C=O) groups excluding carboxylic acids is 1. The standard InChI is InChI=1S/C24H40ClN5O2/c1-18-16-22(29-19(2)23(18)24(31)28-11-10-26)32-15-5-6-20-8-13-30(14-9-20)12-4-3-7-21(25)17-27/h3,7,17,20-22,27H,4-6,8-16,26H2,1-2H3,(H,28,31)/b7-3-,27-17?. The Morgan fingerprint density at radius 2 is 2.16 bits per heavy atom. The Balaban J connectivity index is 1.61. The Morgan fingerprint density at radius 3 is 2.81 bits per heavy atom. The van der Waals surface area contributed by atoms with Crippen molar-refractivity contribution in [1.82, 2.24) is 10.2 Å². The molecule has 0 aromatic carbocycles. The number of dihydropyridines is 1. The van der Waals surface area contributed by atoms with E-state index in [1.807, 2.05) is 19.9 Å². The predicted octanol–water partition coefficient (Wildman–Crippen LogP) is 3.28. The van der Waals surface area contributed by atoms with Gasteiger partial charge in [-0.15, -0.1) is 11.6 Å². The second-order valence-electron chi connectivity index (χ2n) is 8.70. The normalized spacial score (nSPS) is 21.6. The van der Waals surface area contributed by atoms with Crippen molar-refractivity contribution in [2.75, 3.05) is 39.3 Å². The van der Waals surface area contributed by atoms with Crippen molar-refractivity contribution in [3.63, 3.8) is 0 Å². The van der Waals surface area contributed by atoms with Gasteiger partial charge in [-0.1, -0.05) is 17.7 Å². The van der Waals surface area contributed by atoms with E-state index in [-0.39, 0.29) is 17.5 Å². The predicted molar refractivity (Wildman–Crippen MR) is 133 cm³/mol. The molecule has 7 nitrogen and oxygen atoms in total. The van der Waals surface area contributed by atoms with Crippen molar-refractivity contribution >= 4 is 29.4 Å². The van der Waals surface area contributed by atoms with Gasteiger partial charge in [0, 0.05) is 44.6 Å². The number of amides is 1. The average molecular weight is 466 g/mol. The summed E-state index contributed by atoms with van der Waals surface area (Å²) < 4.78 is 6.02. The van der Waals surface area contributed by atoms with Gasteiger partial charge in [0.15, 0.2) is 6.23 Å². The van der Waals surface area contributed by atoms with Gasteiger partial charge in [-0.05, 0) is 65.0 Å². The third-order valence-corrected chi connectivity index (χ3v) is 6.40. The first-order chi connectivity index (χ1) is 15.4. The van der Waals surface area contributed by atoms with Gasteiger partial charge in [0.05, 0.1) is 11.0 Å². The van der Waals surface area contributed by atoms with E-state index >= 15 is 0 Å². The topological polar surface area (TPSA) is 104 Å². The van der Waals surface area contributed by atoms with E-state index in [1.54, 1.807) is 0 Å². The number of piperidine rings is 1. The molecule has 2 aliphatic heterocycles. The van der Waals surface area contributed by atoms with Crippen LogP contribution in [-0.2, 0) is 9.53 Å². The molecule has 0 bridgehead atoms. The van der Waals surface area contributed by atoms with E-state index in [0.29, 0.717) is 31.7 Å². The maximum atomic E-state index is 12.3. The number of rotatable bonds is 13. The van der Waals surface area contributed by atoms with Gasteiger partial charge >= 0.3 is 0 Å². The van der Waals surface area contributed by atoms with Crippen LogP contribution in [0.3, 0.4) is 0 Å². The Hall–Kier alpha value is -1.54. The minimum atomic E-state index is -0.283. The third-order valence-electron chi connectivity index (χ3n) is 6.13. The number of likely N-dealkylation sites (tertiary alicyclic amines) is 1. The van der Waals surface area contributed by atoms with E-state index in [1.165, 1.54) is 25.5 Å². The molecule has 8 heteroatoms. The van der Waals surface area contributed by atoms with Gasteiger partial charge in [-0.3, -0.25) is 9.79 Å². The Morgan fingerprint density at radius 1 is 1.41 bits per heavy atom. The van der Waals surface area contributed by atoms with E-state index < -0.39 is 0 Å². The highest BCUT2D eigenvalue weighted by molar-refractivity contribution is 6.29. The van der Waals surface area contributed by atoms with Crippen molar-refractivity contribution in [3.05, 3.63) is 23.3 Å². The van der Waals surface area contributed by atoms with E-state index in [4.69, 9.17) is 27.5 Å². The van der Waals surface area contributed by atoms with Gasteiger partial charge < -0.3 is 26.1 Å². The van der Waals surface area contributed by atoms with Crippen LogP contribution in [0.4, 0.5) is 0 Å². The van der Waals surface area contributed by atoms with Crippen LogP contribution in [0.25, 0.3) is 0 Å². The molecule has 0 radical (unpaired) electrons. The summed E-state index contributed by atoms with van der Waals surface area (Å²) in [7, 11) is 0. The molecule has 2 aliphatic rings. The third kappa shape index (κ3) is 9.14. The highest BCUT2D eigenvalue weighted by atomic mass is 35.5. The van der Waals surface area contributed by atoms with Crippen LogP contribution in [0.5, 0.6) is 0 Å². The molecule has 4 N–H and O–H groups in total. The molecule has 2 heterocycles. The molecular formula is C24H40ClN5O2. The van der Waals surface area contributed by atoms with E-state index in [9.17, 15) is 4.79 Å². The van der Waals surface area contributed by atoms with Gasteiger partial charge in [0.2, 0.25) is 0 Å². The smallest absolute Gasteiger partial charge is 0.253 e. The lowest BCUT2D eigenvalue weighted by Gasteiger charge is -2.31. The molecule has 0 aromatic heterocycles. The zero-order valence-corrected chi connectivity index (χ0v) is 20.4. The fourth-order valence-electron chi connectivity index (χ4n) is 4.36. The molecule has 180 valence electrons. The maximum Gasteiger partial charge on any atom is 0.253 e. The number of carbonyl (C=O) groups is 1. The van der Waals surface area contributed by atoms with Gasteiger partial charge in [0.1, 0.15) is 0 Å². The van der Waals surface area contributed by atoms with Gasteiger partial charge in [-0.2, -0.15) is 0 Å². The van der Waals surface area contributed by atoms with E-state index in [0.717, 1.165) is 49.7 Å². The lowest BCUT2D eigenvalue weighted by atomic mass is 9.92. The summed E-state index contributed by atoms with van der Waals surface area (Å²) in [5, 5.41) is 9.64.